The Morgan fingerprint density at radius 2 is 1.20 bits per heavy atom. The van der Waals surface area contributed by atoms with E-state index in [1.54, 1.807) is 49.8 Å². The van der Waals surface area contributed by atoms with Gasteiger partial charge in [-0.15, -0.1) is 0 Å². The molecule has 3 aliphatic carbocycles. The minimum atomic E-state index is -2.81. The van der Waals surface area contributed by atoms with Gasteiger partial charge in [-0.05, 0) is 151 Å². The van der Waals surface area contributed by atoms with Crippen molar-refractivity contribution < 1.29 is 84.5 Å². The normalized spacial score (nSPS) is 25.3. The summed E-state index contributed by atoms with van der Waals surface area (Å²) in [5.74, 6) is -7.03. The molecular weight excluding hydrogens is 1260 g/mol. The molecule has 12 rings (SSSR count). The molecule has 5 saturated heterocycles. The van der Waals surface area contributed by atoms with Crippen molar-refractivity contribution in [3.05, 3.63) is 95.5 Å². The number of ether oxygens (including phenoxy) is 2. The third kappa shape index (κ3) is 17.9. The molecule has 5 aliphatic heterocycles. The van der Waals surface area contributed by atoms with Gasteiger partial charge < -0.3 is 68.1 Å². The fourth-order valence-electron chi connectivity index (χ4n) is 14.9. The smallest absolute Gasteiger partial charge is 0.464 e. The monoisotopic (exact) mass is 1350 g/mol. The number of hydrogen-bond donors (Lipinski definition) is 6. The summed E-state index contributed by atoms with van der Waals surface area (Å²) in [6.07, 6.45) is 7.72. The molecule has 8 fully saturated rings. The Kier molecular flexibility index (Phi) is 23.2. The Hall–Kier alpha value is -6.95. The summed E-state index contributed by atoms with van der Waals surface area (Å²) in [5, 5.41) is 63.1. The first-order chi connectivity index (χ1) is 45.6. The molecule has 6 N–H and O–H groups in total. The Labute approximate surface area is 565 Å². The van der Waals surface area contributed by atoms with E-state index >= 15 is 0 Å². The molecule has 4 aromatic rings. The van der Waals surface area contributed by atoms with Gasteiger partial charge in [0.15, 0.2) is 0 Å². The second-order valence-corrected chi connectivity index (χ2v) is 29.3. The molecule has 2 aromatic heterocycles. The number of amides is 4. The maximum absolute atomic E-state index is 13.9. The van der Waals surface area contributed by atoms with Crippen molar-refractivity contribution in [3.8, 4) is 12.1 Å². The van der Waals surface area contributed by atoms with Crippen molar-refractivity contribution in [3.63, 3.8) is 0 Å². The Morgan fingerprint density at radius 1 is 0.722 bits per heavy atom. The molecule has 8 atom stereocenters. The Morgan fingerprint density at radius 3 is 1.62 bits per heavy atom. The number of nitrogens with zero attached hydrogens (tertiary/aromatic N) is 6. The molecule has 2 bridgehead atoms. The van der Waals surface area contributed by atoms with Crippen LogP contribution in [0, 0.1) is 45.8 Å². The first-order valence-corrected chi connectivity index (χ1v) is 33.6. The average molecular weight is 1350 g/mol. The Balaban J connectivity index is 0.000000211. The lowest BCUT2D eigenvalue weighted by Crippen LogP contribution is -2.65. The molecule has 0 unspecified atom stereocenters. The van der Waals surface area contributed by atoms with Crippen LogP contribution in [0.2, 0.25) is 6.32 Å². The molecule has 97 heavy (non-hydrogen) atoms. The zero-order chi connectivity index (χ0) is 70.6. The van der Waals surface area contributed by atoms with Gasteiger partial charge in [0.1, 0.15) is 46.7 Å². The van der Waals surface area contributed by atoms with Gasteiger partial charge in [0.05, 0.1) is 62.3 Å². The van der Waals surface area contributed by atoms with E-state index in [1.165, 1.54) is 28.2 Å². The highest BCUT2D eigenvalue weighted by Crippen LogP contribution is 2.66. The molecule has 0 radical (unpaired) electrons. The molecule has 524 valence electrons. The first kappa shape index (κ1) is 74.3. The first-order valence-electron chi connectivity index (χ1n) is 33.6. The van der Waals surface area contributed by atoms with Gasteiger partial charge in [-0.25, -0.2) is 27.2 Å². The van der Waals surface area contributed by atoms with Crippen LogP contribution < -0.4 is 10.6 Å². The van der Waals surface area contributed by atoms with Gasteiger partial charge in [0.2, 0.25) is 0 Å². The van der Waals surface area contributed by atoms with Gasteiger partial charge in [-0.3, -0.25) is 19.4 Å². The fourth-order valence-corrected chi connectivity index (χ4v) is 14.9. The van der Waals surface area contributed by atoms with E-state index in [9.17, 15) is 57.3 Å². The maximum Gasteiger partial charge on any atom is 0.482 e. The van der Waals surface area contributed by atoms with E-state index in [-0.39, 0.29) is 68.1 Å². The summed E-state index contributed by atoms with van der Waals surface area (Å²) in [4.78, 5) is 59.0. The van der Waals surface area contributed by atoms with Crippen LogP contribution in [0.15, 0.2) is 93.2 Å². The van der Waals surface area contributed by atoms with Gasteiger partial charge in [-0.2, -0.15) is 10.5 Å². The predicted molar refractivity (Wildman–Crippen MR) is 354 cm³/mol. The van der Waals surface area contributed by atoms with Crippen LogP contribution in [0.4, 0.5) is 27.2 Å². The molecule has 22 nitrogen and oxygen atoms in total. The largest absolute Gasteiger partial charge is 0.482 e. The number of carbonyl (C=O) groups excluding carboxylic acids is 4. The number of likely N-dealkylation sites (tertiary alicyclic amines) is 4. The van der Waals surface area contributed by atoms with Crippen LogP contribution in [0.3, 0.4) is 0 Å². The van der Waals surface area contributed by atoms with Gasteiger partial charge in [0, 0.05) is 60.9 Å². The predicted octanol–water partition coefficient (Wildman–Crippen LogP) is 8.66. The highest BCUT2D eigenvalue weighted by atomic mass is 19.3. The van der Waals surface area contributed by atoms with Crippen LogP contribution in [-0.4, -0.2) is 196 Å². The molecule has 2 aromatic carbocycles. The van der Waals surface area contributed by atoms with Crippen LogP contribution in [-0.2, 0) is 41.2 Å². The number of hydrogen-bond acceptors (Lipinski definition) is 18. The lowest BCUT2D eigenvalue weighted by Gasteiger charge is -2.64. The highest BCUT2D eigenvalue weighted by molar-refractivity contribution is 6.48. The standard InChI is InChI=1S/C37H47BF2N4O6.C27H33BF2N4O6.C4H11BO2/c1-34(2,44-14-12-37(39,40)22-44)18-24(19-41)32(45)43-13-8-9-26(20-43)48-33(46)42-31(15-23-21-47-28-11-7-6-10-27(23)28)38-49-30-17-25-16-29(35(25,3)4)36(30,5)50-38;1-26(2,34-11-9-27(29,30)17-34)13-19(14-31)24(35)33-10-5-6-20(15-33)40-25(36)32-23(28(37)38)12-18-16-39-22-8-4-3-7-21(18)22;1-4(2)3-5(6)7/h6-7,10-11,18,21,25-26,29-31H,8-9,12-17,20,22H2,1-5H3,(H,42,46);3-4,7-8,13,16,20,23,37-38H,5-6,9-12,15,17H2,1-2H3,(H,32,36);4,6-7H,3H2,1-2H3/t25-,26-,29-,30+,31-,36-;20-,23-;/m00./s1. The number of piperidine rings is 2. The van der Waals surface area contributed by atoms with Crippen LogP contribution in [0.5, 0.6) is 0 Å². The lowest BCUT2D eigenvalue weighted by molar-refractivity contribution is -0.199. The number of fused-ring (bicyclic) bond motifs is 2. The van der Waals surface area contributed by atoms with Crippen molar-refractivity contribution in [1.29, 1.82) is 10.5 Å². The quantitative estimate of drug-likeness (QED) is 0.0235. The number of nitrogens with one attached hydrogen (secondary N) is 2. The van der Waals surface area contributed by atoms with Crippen molar-refractivity contribution in [2.75, 3.05) is 52.4 Å². The number of furan rings is 2. The molecule has 7 heterocycles. The third-order valence-corrected chi connectivity index (χ3v) is 20.5. The van der Waals surface area contributed by atoms with Gasteiger partial charge in [-0.1, -0.05) is 64.1 Å². The van der Waals surface area contributed by atoms with Crippen molar-refractivity contribution in [2.45, 2.75) is 192 Å². The minimum absolute atomic E-state index is 0.0339. The summed E-state index contributed by atoms with van der Waals surface area (Å²) in [5.41, 5.74) is 0.527. The fraction of sp³-hybridized carbons (Fsp3) is 0.618. The van der Waals surface area contributed by atoms with Gasteiger partial charge in [0.25, 0.3) is 23.7 Å². The summed E-state index contributed by atoms with van der Waals surface area (Å²) < 4.78 is 91.4. The molecular formula is C68H91B3F4N8O14. The average Bonchev–Trinajstić information content (AvgIpc) is 1.63. The third-order valence-electron chi connectivity index (χ3n) is 20.5. The van der Waals surface area contributed by atoms with Crippen LogP contribution >= 0.6 is 0 Å². The number of benzene rings is 2. The molecule has 3 saturated carbocycles. The second-order valence-electron chi connectivity index (χ2n) is 29.3. The summed E-state index contributed by atoms with van der Waals surface area (Å²) in [7, 11) is -3.69. The molecule has 0 spiro atoms. The molecule has 8 aliphatic rings. The number of para-hydroxylation sites is 2. The lowest BCUT2D eigenvalue weighted by atomic mass is 9.43. The van der Waals surface area contributed by atoms with E-state index < -0.39 is 111 Å². The second kappa shape index (κ2) is 30.3. The van der Waals surface area contributed by atoms with E-state index in [0.717, 1.165) is 34.8 Å². The summed E-state index contributed by atoms with van der Waals surface area (Å²) >= 11 is 0. The number of alkyl carbamates (subject to hydrolysis) is 2. The Bertz CT molecular complexity index is 3600. The van der Waals surface area contributed by atoms with Crippen LogP contribution in [0.25, 0.3) is 21.9 Å². The van der Waals surface area contributed by atoms with Crippen LogP contribution in [0.1, 0.15) is 125 Å². The van der Waals surface area contributed by atoms with E-state index in [1.807, 2.05) is 68.5 Å². The topological polar surface area (TPSA) is 297 Å². The van der Waals surface area contributed by atoms with E-state index in [2.05, 4.69) is 31.4 Å². The number of rotatable bonds is 18. The van der Waals surface area contributed by atoms with Crippen molar-refractivity contribution in [1.82, 2.24) is 30.2 Å². The van der Waals surface area contributed by atoms with Crippen molar-refractivity contribution >= 4 is 67.3 Å². The van der Waals surface area contributed by atoms with E-state index in [4.69, 9.17) is 37.7 Å². The maximum atomic E-state index is 13.9. The number of nitriles is 2. The zero-order valence-corrected chi connectivity index (χ0v) is 56.8. The molecule has 4 amide bonds. The van der Waals surface area contributed by atoms with Crippen molar-refractivity contribution in [2.24, 2.45) is 23.2 Å². The summed E-state index contributed by atoms with van der Waals surface area (Å²) in [6.45, 7) is 17.8. The van der Waals surface area contributed by atoms with E-state index in [0.29, 0.717) is 80.4 Å². The molecule has 29 heteroatoms. The minimum Gasteiger partial charge on any atom is -0.464 e. The zero-order valence-electron chi connectivity index (χ0n) is 56.8. The summed E-state index contributed by atoms with van der Waals surface area (Å²) in [6, 6.07) is 18.9. The number of carbonyl (C=O) groups is 4. The highest BCUT2D eigenvalue weighted by Gasteiger charge is 2.68. The SMILES string of the molecule is CC(C)(C=C(C#N)C(=O)N1CCC[C@H](OC(=O)N[C@@H](Cc2coc3ccccc23)B(O)O)C1)N1CCC(F)(F)C1.CC(C)CB(O)O.CC1(C)[C@@H]2C[C@H]3OB([C@H](Cc4coc5ccccc45)NC(=O)O[C@H]4CCCN(C(=O)C(C#N)=CC(C)(C)N5CCC(F)(F)C5)C4)O[C@@]3(C)[C@H]1C2. The number of halogens is 4. The number of alkyl halides is 4. The van der Waals surface area contributed by atoms with Gasteiger partial charge >= 0.3 is 33.5 Å².